The summed E-state index contributed by atoms with van der Waals surface area (Å²) in [5, 5.41) is 0. The van der Waals surface area contributed by atoms with Crippen molar-refractivity contribution in [1.82, 2.24) is 0 Å². The predicted molar refractivity (Wildman–Crippen MR) is 74.9 cm³/mol. The minimum absolute atomic E-state index is 0.120. The van der Waals surface area contributed by atoms with Crippen LogP contribution in [-0.4, -0.2) is 12.3 Å². The Hall–Kier alpha value is -1.36. The number of benzene rings is 1. The molecule has 0 atom stereocenters. The summed E-state index contributed by atoms with van der Waals surface area (Å²) in [6.07, 6.45) is -1.09. The van der Waals surface area contributed by atoms with Gasteiger partial charge in [0.25, 0.3) is 0 Å². The van der Waals surface area contributed by atoms with E-state index in [0.717, 1.165) is 25.0 Å². The first-order valence-electron chi connectivity index (χ1n) is 7.21. The fraction of sp³-hybridized carbons (Fsp3) is 0.562. The third kappa shape index (κ3) is 3.28. The number of carbonyl (C=O) groups is 1. The van der Waals surface area contributed by atoms with Crippen LogP contribution in [0, 0.1) is 11.3 Å². The lowest BCUT2D eigenvalue weighted by Gasteiger charge is -2.37. The highest BCUT2D eigenvalue weighted by atomic mass is 19.4. The van der Waals surface area contributed by atoms with Crippen LogP contribution in [0.15, 0.2) is 24.3 Å². The Labute approximate surface area is 122 Å². The van der Waals surface area contributed by atoms with Gasteiger partial charge in [-0.2, -0.15) is 13.2 Å². The van der Waals surface area contributed by atoms with Crippen molar-refractivity contribution >= 4 is 5.78 Å². The van der Waals surface area contributed by atoms with Crippen molar-refractivity contribution in [3.63, 3.8) is 0 Å². The van der Waals surface area contributed by atoms with Crippen LogP contribution in [0.2, 0.25) is 0 Å². The molecule has 0 heterocycles. The molecule has 1 aliphatic rings. The van der Waals surface area contributed by atoms with Crippen molar-refractivity contribution in [3.8, 4) is 0 Å². The quantitative estimate of drug-likeness (QED) is 0.856. The zero-order valence-electron chi connectivity index (χ0n) is 12.0. The first-order valence-corrected chi connectivity index (χ1v) is 7.21. The number of carbonyl (C=O) groups excluding carboxylic acids is 1. The second-order valence-corrected chi connectivity index (χ2v) is 6.07. The zero-order valence-corrected chi connectivity index (χ0v) is 12.0. The number of hydrogen-bond donors (Lipinski definition) is 1. The number of halogens is 3. The molecule has 0 radical (unpaired) electrons. The second kappa shape index (κ2) is 5.79. The van der Waals surface area contributed by atoms with Gasteiger partial charge >= 0.3 is 6.18 Å². The molecule has 0 bridgehead atoms. The Kier molecular flexibility index (Phi) is 4.42. The summed E-state index contributed by atoms with van der Waals surface area (Å²) in [4.78, 5) is 12.7. The van der Waals surface area contributed by atoms with Crippen LogP contribution in [0.3, 0.4) is 0 Å². The highest BCUT2D eigenvalue weighted by molar-refractivity contribution is 6.00. The van der Waals surface area contributed by atoms with Gasteiger partial charge in [-0.25, -0.2) is 0 Å². The average Bonchev–Trinajstić information content (AvgIpc) is 2.47. The van der Waals surface area contributed by atoms with Crippen molar-refractivity contribution in [3.05, 3.63) is 35.4 Å². The zero-order chi connectivity index (χ0) is 15.7. The molecular formula is C16H20F3NO. The van der Waals surface area contributed by atoms with Crippen molar-refractivity contribution in [2.24, 2.45) is 17.1 Å². The maximum Gasteiger partial charge on any atom is 0.416 e. The molecule has 1 saturated carbocycles. The fourth-order valence-corrected chi connectivity index (χ4v) is 2.96. The number of nitrogens with two attached hydrogens (primary N) is 1. The highest BCUT2D eigenvalue weighted by Crippen LogP contribution is 2.41. The molecule has 5 heteroatoms. The molecule has 1 aliphatic carbocycles. The van der Waals surface area contributed by atoms with Gasteiger partial charge in [-0.3, -0.25) is 4.79 Å². The van der Waals surface area contributed by atoms with Crippen molar-refractivity contribution in [1.29, 1.82) is 0 Å². The Morgan fingerprint density at radius 2 is 1.76 bits per heavy atom. The Bertz CT molecular complexity index is 499. The molecule has 21 heavy (non-hydrogen) atoms. The Morgan fingerprint density at radius 3 is 2.19 bits per heavy atom. The van der Waals surface area contributed by atoms with Crippen LogP contribution >= 0.6 is 0 Å². The van der Waals surface area contributed by atoms with Gasteiger partial charge in [-0.05, 0) is 43.7 Å². The van der Waals surface area contributed by atoms with Gasteiger partial charge < -0.3 is 5.73 Å². The number of Topliss-reactive ketones (excluding diaryl/α,β-unsaturated/α-hetero) is 1. The lowest BCUT2D eigenvalue weighted by atomic mass is 9.67. The molecule has 2 N–H and O–H groups in total. The van der Waals surface area contributed by atoms with E-state index in [-0.39, 0.29) is 12.3 Å². The lowest BCUT2D eigenvalue weighted by molar-refractivity contribution is -0.137. The first kappa shape index (κ1) is 16.0. The number of hydrogen-bond acceptors (Lipinski definition) is 2. The summed E-state index contributed by atoms with van der Waals surface area (Å²) < 4.78 is 37.7. The lowest BCUT2D eigenvalue weighted by Crippen LogP contribution is -2.41. The molecule has 0 amide bonds. The minimum Gasteiger partial charge on any atom is -0.329 e. The molecule has 116 valence electrons. The van der Waals surface area contributed by atoms with Gasteiger partial charge in [-0.1, -0.05) is 19.1 Å². The monoisotopic (exact) mass is 299 g/mol. The molecule has 1 aromatic rings. The number of ketones is 1. The topological polar surface area (TPSA) is 43.1 Å². The Balaban J connectivity index is 2.22. The summed E-state index contributed by atoms with van der Waals surface area (Å²) in [5.41, 5.74) is 4.80. The smallest absolute Gasteiger partial charge is 0.329 e. The SMILES string of the molecule is CC1CCC(CN)(C(=O)c2ccc(C(F)(F)F)cc2)CC1. The first-order chi connectivity index (χ1) is 9.78. The maximum absolute atomic E-state index is 12.7. The van der Waals surface area contributed by atoms with E-state index in [1.807, 2.05) is 0 Å². The van der Waals surface area contributed by atoms with Gasteiger partial charge in [-0.15, -0.1) is 0 Å². The molecule has 0 spiro atoms. The molecule has 1 fully saturated rings. The molecule has 2 rings (SSSR count). The van der Waals surface area contributed by atoms with Crippen LogP contribution < -0.4 is 5.73 Å². The van der Waals surface area contributed by atoms with E-state index in [1.54, 1.807) is 0 Å². The summed E-state index contributed by atoms with van der Waals surface area (Å²) in [7, 11) is 0. The summed E-state index contributed by atoms with van der Waals surface area (Å²) in [6.45, 7) is 2.39. The Morgan fingerprint density at radius 1 is 1.24 bits per heavy atom. The van der Waals surface area contributed by atoms with E-state index in [0.29, 0.717) is 24.3 Å². The van der Waals surface area contributed by atoms with Crippen molar-refractivity contribution in [2.45, 2.75) is 38.8 Å². The van der Waals surface area contributed by atoms with Gasteiger partial charge in [0.2, 0.25) is 0 Å². The fourth-order valence-electron chi connectivity index (χ4n) is 2.96. The second-order valence-electron chi connectivity index (χ2n) is 6.07. The predicted octanol–water partition coefficient (Wildman–Crippen LogP) is 4.04. The van der Waals surface area contributed by atoms with Crippen LogP contribution in [0.25, 0.3) is 0 Å². The van der Waals surface area contributed by atoms with Crippen molar-refractivity contribution in [2.75, 3.05) is 6.54 Å². The molecule has 0 aliphatic heterocycles. The molecule has 2 nitrogen and oxygen atoms in total. The minimum atomic E-state index is -4.38. The summed E-state index contributed by atoms with van der Waals surface area (Å²) in [6, 6.07) is 4.45. The van der Waals surface area contributed by atoms with Gasteiger partial charge in [0, 0.05) is 17.5 Å². The largest absolute Gasteiger partial charge is 0.416 e. The number of rotatable bonds is 3. The normalized spacial score (nSPS) is 26.6. The van der Waals surface area contributed by atoms with Gasteiger partial charge in [0.1, 0.15) is 0 Å². The van der Waals surface area contributed by atoms with E-state index >= 15 is 0 Å². The third-order valence-corrected chi connectivity index (χ3v) is 4.58. The summed E-state index contributed by atoms with van der Waals surface area (Å²) in [5.74, 6) is 0.454. The van der Waals surface area contributed by atoms with E-state index in [4.69, 9.17) is 5.73 Å². The van der Waals surface area contributed by atoms with Crippen LogP contribution in [0.1, 0.15) is 48.5 Å². The number of alkyl halides is 3. The van der Waals surface area contributed by atoms with E-state index in [2.05, 4.69) is 6.92 Å². The highest BCUT2D eigenvalue weighted by Gasteiger charge is 2.40. The van der Waals surface area contributed by atoms with Crippen molar-refractivity contribution < 1.29 is 18.0 Å². The van der Waals surface area contributed by atoms with Crippen LogP contribution in [-0.2, 0) is 6.18 Å². The third-order valence-electron chi connectivity index (χ3n) is 4.58. The maximum atomic E-state index is 12.7. The van der Waals surface area contributed by atoms with Gasteiger partial charge in [0.05, 0.1) is 5.56 Å². The van der Waals surface area contributed by atoms with E-state index < -0.39 is 17.2 Å². The van der Waals surface area contributed by atoms with Crippen LogP contribution in [0.4, 0.5) is 13.2 Å². The summed E-state index contributed by atoms with van der Waals surface area (Å²) >= 11 is 0. The molecule has 0 saturated heterocycles. The molecule has 0 unspecified atom stereocenters. The van der Waals surface area contributed by atoms with Gasteiger partial charge in [0.15, 0.2) is 5.78 Å². The average molecular weight is 299 g/mol. The molecule has 1 aromatic carbocycles. The van der Waals surface area contributed by atoms with E-state index in [9.17, 15) is 18.0 Å². The van der Waals surface area contributed by atoms with E-state index in [1.165, 1.54) is 12.1 Å². The molecular weight excluding hydrogens is 279 g/mol. The van der Waals surface area contributed by atoms with Crippen LogP contribution in [0.5, 0.6) is 0 Å². The molecule has 0 aromatic heterocycles. The standard InChI is InChI=1S/C16H20F3NO/c1-11-6-8-15(10-20,9-7-11)14(21)12-2-4-13(5-3-12)16(17,18)19/h2-5,11H,6-10,20H2,1H3.